The van der Waals surface area contributed by atoms with Crippen molar-refractivity contribution in [2.45, 2.75) is 26.3 Å². The van der Waals surface area contributed by atoms with Gasteiger partial charge in [-0.25, -0.2) is 0 Å². The Bertz CT molecular complexity index is 264. The highest BCUT2D eigenvalue weighted by Gasteiger charge is 2.48. The molecule has 0 aliphatic heterocycles. The number of hydrogen-bond donors (Lipinski definition) is 3. The fraction of sp³-hybridized carbons (Fsp3) is 0.800. The van der Waals surface area contributed by atoms with E-state index in [4.69, 9.17) is 10.2 Å². The zero-order valence-electron chi connectivity index (χ0n) is 8.93. The van der Waals surface area contributed by atoms with Gasteiger partial charge in [0.1, 0.15) is 0 Å². The van der Waals surface area contributed by atoms with E-state index >= 15 is 0 Å². The molecule has 0 unspecified atom stereocenters. The highest BCUT2D eigenvalue weighted by atomic mass is 16.4. The summed E-state index contributed by atoms with van der Waals surface area (Å²) in [4.78, 5) is 22.0. The van der Waals surface area contributed by atoms with Crippen LogP contribution in [0.4, 0.5) is 0 Å². The minimum Gasteiger partial charge on any atom is -0.481 e. The predicted molar refractivity (Wildman–Crippen MR) is 53.1 cm³/mol. The smallest absolute Gasteiger partial charge is 0.307 e. The molecule has 1 fully saturated rings. The molecule has 0 saturated heterocycles. The molecule has 0 spiro atoms. The van der Waals surface area contributed by atoms with Gasteiger partial charge in [0, 0.05) is 0 Å². The maximum atomic E-state index is 11.5. The monoisotopic (exact) mass is 215 g/mol. The standard InChI is InChI=1S/C10H17NO4/c1-5(2)8(4-12)11-9(13)6-3-7(6)10(14)15/h5-8,12H,3-4H2,1-2H3,(H,11,13)(H,14,15)/t6-,7+,8-/m1/s1. The molecular formula is C10H17NO4. The minimum absolute atomic E-state index is 0.117. The van der Waals surface area contributed by atoms with Crippen molar-refractivity contribution in [2.24, 2.45) is 17.8 Å². The van der Waals surface area contributed by atoms with Gasteiger partial charge in [0.05, 0.1) is 24.5 Å². The first-order valence-corrected chi connectivity index (χ1v) is 5.11. The second kappa shape index (κ2) is 4.61. The molecule has 1 aliphatic carbocycles. The molecule has 0 bridgehead atoms. The molecule has 1 rings (SSSR count). The van der Waals surface area contributed by atoms with E-state index in [1.54, 1.807) is 0 Å². The van der Waals surface area contributed by atoms with Gasteiger partial charge < -0.3 is 15.5 Å². The number of carbonyl (C=O) groups excluding carboxylic acids is 1. The van der Waals surface area contributed by atoms with E-state index in [0.29, 0.717) is 6.42 Å². The number of hydrogen-bond acceptors (Lipinski definition) is 3. The highest BCUT2D eigenvalue weighted by Crippen LogP contribution is 2.38. The first-order chi connectivity index (χ1) is 6.97. The summed E-state index contributed by atoms with van der Waals surface area (Å²) in [5.41, 5.74) is 0. The molecule has 1 aliphatic rings. The topological polar surface area (TPSA) is 86.6 Å². The number of aliphatic hydroxyl groups excluding tert-OH is 1. The molecule has 86 valence electrons. The Kier molecular flexibility index (Phi) is 3.68. The van der Waals surface area contributed by atoms with E-state index in [0.717, 1.165) is 0 Å². The maximum absolute atomic E-state index is 11.5. The fourth-order valence-electron chi connectivity index (χ4n) is 1.47. The number of amides is 1. The van der Waals surface area contributed by atoms with Crippen LogP contribution < -0.4 is 5.32 Å². The van der Waals surface area contributed by atoms with Crippen LogP contribution in [0.25, 0.3) is 0 Å². The van der Waals surface area contributed by atoms with Gasteiger partial charge in [0.25, 0.3) is 0 Å². The summed E-state index contributed by atoms with van der Waals surface area (Å²) in [5.74, 6) is -1.97. The van der Waals surface area contributed by atoms with Crippen molar-refractivity contribution in [1.29, 1.82) is 0 Å². The van der Waals surface area contributed by atoms with Crippen molar-refractivity contribution < 1.29 is 19.8 Å². The van der Waals surface area contributed by atoms with Crippen LogP contribution in [0.5, 0.6) is 0 Å². The van der Waals surface area contributed by atoms with Crippen LogP contribution in [0.1, 0.15) is 20.3 Å². The normalized spacial score (nSPS) is 26.1. The predicted octanol–water partition coefficient (Wildman–Crippen LogP) is -0.160. The van der Waals surface area contributed by atoms with Gasteiger partial charge in [0.2, 0.25) is 5.91 Å². The highest BCUT2D eigenvalue weighted by molar-refractivity contribution is 5.89. The van der Waals surface area contributed by atoms with Gasteiger partial charge in [-0.2, -0.15) is 0 Å². The van der Waals surface area contributed by atoms with Crippen molar-refractivity contribution in [3.63, 3.8) is 0 Å². The molecule has 3 atom stereocenters. The van der Waals surface area contributed by atoms with Crippen LogP contribution in [-0.2, 0) is 9.59 Å². The number of carbonyl (C=O) groups is 2. The molecule has 3 N–H and O–H groups in total. The Morgan fingerprint density at radius 2 is 2.00 bits per heavy atom. The third-order valence-corrected chi connectivity index (χ3v) is 2.77. The lowest BCUT2D eigenvalue weighted by Gasteiger charge is -2.19. The maximum Gasteiger partial charge on any atom is 0.307 e. The van der Waals surface area contributed by atoms with Crippen LogP contribution in [0, 0.1) is 17.8 Å². The van der Waals surface area contributed by atoms with E-state index < -0.39 is 17.8 Å². The number of carboxylic acid groups (broad SMARTS) is 1. The first-order valence-electron chi connectivity index (χ1n) is 5.11. The van der Waals surface area contributed by atoms with Crippen molar-refractivity contribution >= 4 is 11.9 Å². The Hall–Kier alpha value is -1.10. The van der Waals surface area contributed by atoms with Crippen LogP contribution in [0.15, 0.2) is 0 Å². The summed E-state index contributed by atoms with van der Waals surface area (Å²) in [6, 6.07) is -0.285. The molecule has 1 saturated carbocycles. The fourth-order valence-corrected chi connectivity index (χ4v) is 1.47. The lowest BCUT2D eigenvalue weighted by atomic mass is 10.1. The summed E-state index contributed by atoms with van der Waals surface area (Å²) in [7, 11) is 0. The van der Waals surface area contributed by atoms with E-state index in [1.807, 2.05) is 13.8 Å². The third-order valence-electron chi connectivity index (χ3n) is 2.77. The molecule has 0 heterocycles. The van der Waals surface area contributed by atoms with E-state index in [1.165, 1.54) is 0 Å². The summed E-state index contributed by atoms with van der Waals surface area (Å²) in [6.45, 7) is 3.67. The summed E-state index contributed by atoms with van der Waals surface area (Å²) in [5, 5.41) is 20.3. The van der Waals surface area contributed by atoms with Crippen LogP contribution in [-0.4, -0.2) is 34.7 Å². The molecule has 0 radical (unpaired) electrons. The van der Waals surface area contributed by atoms with Crippen LogP contribution in [0.3, 0.4) is 0 Å². The van der Waals surface area contributed by atoms with E-state index in [9.17, 15) is 9.59 Å². The zero-order valence-corrected chi connectivity index (χ0v) is 8.93. The van der Waals surface area contributed by atoms with Crippen molar-refractivity contribution in [3.8, 4) is 0 Å². The lowest BCUT2D eigenvalue weighted by Crippen LogP contribution is -2.42. The van der Waals surface area contributed by atoms with E-state index in [-0.39, 0.29) is 24.5 Å². The Morgan fingerprint density at radius 3 is 2.33 bits per heavy atom. The summed E-state index contributed by atoms with van der Waals surface area (Å²) >= 11 is 0. The summed E-state index contributed by atoms with van der Waals surface area (Å²) < 4.78 is 0. The molecule has 1 amide bonds. The van der Waals surface area contributed by atoms with Crippen molar-refractivity contribution in [3.05, 3.63) is 0 Å². The van der Waals surface area contributed by atoms with Crippen LogP contribution >= 0.6 is 0 Å². The molecule has 5 nitrogen and oxygen atoms in total. The SMILES string of the molecule is CC(C)[C@@H](CO)NC(=O)[C@@H]1C[C@@H]1C(=O)O. The Balaban J connectivity index is 2.40. The number of nitrogens with one attached hydrogen (secondary N) is 1. The van der Waals surface area contributed by atoms with Gasteiger partial charge in [-0.05, 0) is 12.3 Å². The molecule has 5 heteroatoms. The van der Waals surface area contributed by atoms with Crippen molar-refractivity contribution in [2.75, 3.05) is 6.61 Å². The van der Waals surface area contributed by atoms with Gasteiger partial charge in [-0.15, -0.1) is 0 Å². The molecule has 0 aromatic carbocycles. The van der Waals surface area contributed by atoms with Gasteiger partial charge in [-0.3, -0.25) is 9.59 Å². The van der Waals surface area contributed by atoms with Gasteiger partial charge in [-0.1, -0.05) is 13.8 Å². The van der Waals surface area contributed by atoms with Gasteiger partial charge in [0.15, 0.2) is 0 Å². The number of rotatable bonds is 5. The average molecular weight is 215 g/mol. The Morgan fingerprint density at radius 1 is 1.40 bits per heavy atom. The second-order valence-electron chi connectivity index (χ2n) is 4.33. The quantitative estimate of drug-likeness (QED) is 0.594. The van der Waals surface area contributed by atoms with Gasteiger partial charge >= 0.3 is 5.97 Å². The Labute approximate surface area is 88.5 Å². The largest absolute Gasteiger partial charge is 0.481 e. The second-order valence-corrected chi connectivity index (χ2v) is 4.33. The number of aliphatic carboxylic acids is 1. The average Bonchev–Trinajstić information content (AvgIpc) is 2.92. The molecule has 15 heavy (non-hydrogen) atoms. The molecule has 0 aromatic rings. The number of carboxylic acids is 1. The minimum atomic E-state index is -0.916. The van der Waals surface area contributed by atoms with Crippen molar-refractivity contribution in [1.82, 2.24) is 5.32 Å². The molecular weight excluding hydrogens is 198 g/mol. The summed E-state index contributed by atoms with van der Waals surface area (Å²) in [6.07, 6.45) is 0.414. The molecule has 0 aromatic heterocycles. The first kappa shape index (κ1) is 12.0. The lowest BCUT2D eigenvalue weighted by molar-refractivity contribution is -0.140. The van der Waals surface area contributed by atoms with Crippen LogP contribution in [0.2, 0.25) is 0 Å². The zero-order chi connectivity index (χ0) is 11.6. The van der Waals surface area contributed by atoms with E-state index in [2.05, 4.69) is 5.32 Å². The number of aliphatic hydroxyl groups is 1. The third kappa shape index (κ3) is 2.92.